The average molecular weight is 185 g/mol. The van der Waals surface area contributed by atoms with Crippen LogP contribution in [0, 0.1) is 11.8 Å². The largest absolute Gasteiger partial charge is 0.321 e. The van der Waals surface area contributed by atoms with Gasteiger partial charge in [0, 0.05) is 17.9 Å². The summed E-state index contributed by atoms with van der Waals surface area (Å²) in [4.78, 5) is 0. The Balaban J connectivity index is 2.21. The molecule has 2 N–H and O–H groups in total. The Kier molecular flexibility index (Phi) is 2.51. The summed E-state index contributed by atoms with van der Waals surface area (Å²) in [5, 5.41) is 0. The van der Waals surface area contributed by atoms with E-state index in [1.54, 1.807) is 6.08 Å². The first kappa shape index (κ1) is 9.22. The Hall–Kier alpha value is -1.34. The van der Waals surface area contributed by atoms with Crippen molar-refractivity contribution in [3.05, 3.63) is 60.8 Å². The van der Waals surface area contributed by atoms with Gasteiger partial charge in [-0.25, -0.2) is 0 Å². The van der Waals surface area contributed by atoms with Gasteiger partial charge < -0.3 is 5.73 Å². The van der Waals surface area contributed by atoms with Crippen LogP contribution in [0.25, 0.3) is 0 Å². The highest BCUT2D eigenvalue weighted by Gasteiger charge is 2.18. The smallest absolute Gasteiger partial charge is 0.0475 e. The zero-order chi connectivity index (χ0) is 9.97. The highest BCUT2D eigenvalue weighted by atomic mass is 14.6. The second-order valence-corrected chi connectivity index (χ2v) is 3.71. The third kappa shape index (κ3) is 1.64. The van der Waals surface area contributed by atoms with Crippen molar-refractivity contribution in [2.75, 3.05) is 0 Å². The molecule has 0 fully saturated rings. The average Bonchev–Trinajstić information content (AvgIpc) is 2.27. The maximum atomic E-state index is 5.89. The molecule has 1 heteroatoms. The second kappa shape index (κ2) is 3.81. The van der Waals surface area contributed by atoms with Gasteiger partial charge in [-0.1, -0.05) is 48.6 Å². The third-order valence-corrected chi connectivity index (χ3v) is 2.76. The van der Waals surface area contributed by atoms with E-state index in [1.807, 2.05) is 0 Å². The number of fused-ring (bicyclic) bond motifs is 1. The molecular weight excluding hydrogens is 170 g/mol. The van der Waals surface area contributed by atoms with E-state index in [-0.39, 0.29) is 6.04 Å². The van der Waals surface area contributed by atoms with Crippen LogP contribution in [-0.4, -0.2) is 6.04 Å². The first-order valence-corrected chi connectivity index (χ1v) is 4.94. The van der Waals surface area contributed by atoms with Crippen LogP contribution in [0.4, 0.5) is 0 Å². The normalized spacial score (nSPS) is 30.8. The van der Waals surface area contributed by atoms with Crippen molar-refractivity contribution < 1.29 is 0 Å². The minimum absolute atomic E-state index is 0.0356. The van der Waals surface area contributed by atoms with Crippen molar-refractivity contribution in [3.63, 3.8) is 0 Å². The molecule has 2 aliphatic rings. The maximum absolute atomic E-state index is 5.89. The molecule has 0 amide bonds. The van der Waals surface area contributed by atoms with E-state index in [2.05, 4.69) is 49.1 Å². The Morgan fingerprint density at radius 1 is 1.21 bits per heavy atom. The highest BCUT2D eigenvalue weighted by molar-refractivity contribution is 5.37. The molecular formula is C13H15N. The fraction of sp³-hybridized carbons (Fsp3) is 0.231. The van der Waals surface area contributed by atoms with Crippen LogP contribution in [0.3, 0.4) is 0 Å². The summed E-state index contributed by atoms with van der Waals surface area (Å²) in [6, 6.07) is -0.0356. The van der Waals surface area contributed by atoms with E-state index in [9.17, 15) is 0 Å². The number of allylic oxidation sites excluding steroid dienone is 6. The molecule has 0 aromatic heterocycles. The Bertz CT molecular complexity index is 344. The molecule has 0 bridgehead atoms. The zero-order valence-corrected chi connectivity index (χ0v) is 8.14. The maximum Gasteiger partial charge on any atom is 0.0475 e. The molecule has 2 aliphatic carbocycles. The molecule has 0 spiro atoms. The lowest BCUT2D eigenvalue weighted by atomic mass is 9.82. The lowest BCUT2D eigenvalue weighted by Gasteiger charge is -2.24. The third-order valence-electron chi connectivity index (χ3n) is 2.76. The van der Waals surface area contributed by atoms with Gasteiger partial charge in [-0.3, -0.25) is 0 Å². The fourth-order valence-electron chi connectivity index (χ4n) is 1.86. The molecule has 72 valence electrons. The summed E-state index contributed by atoms with van der Waals surface area (Å²) in [6.07, 6.45) is 16.9. The Labute approximate surface area is 85.0 Å². The van der Waals surface area contributed by atoms with Gasteiger partial charge in [-0.15, -0.1) is 6.58 Å². The molecule has 3 atom stereocenters. The van der Waals surface area contributed by atoms with Gasteiger partial charge in [-0.05, 0) is 5.57 Å². The predicted molar refractivity (Wildman–Crippen MR) is 60.7 cm³/mol. The van der Waals surface area contributed by atoms with Crippen molar-refractivity contribution in [3.8, 4) is 0 Å². The number of rotatable bonds is 2. The minimum atomic E-state index is -0.0356. The van der Waals surface area contributed by atoms with Crippen LogP contribution in [0.1, 0.15) is 0 Å². The van der Waals surface area contributed by atoms with Crippen molar-refractivity contribution in [1.29, 1.82) is 0 Å². The molecule has 0 aromatic carbocycles. The molecule has 3 unspecified atom stereocenters. The summed E-state index contributed by atoms with van der Waals surface area (Å²) >= 11 is 0. The van der Waals surface area contributed by atoms with Gasteiger partial charge in [0.1, 0.15) is 0 Å². The van der Waals surface area contributed by atoms with Crippen LogP contribution in [-0.2, 0) is 0 Å². The first-order chi connectivity index (χ1) is 6.81. The first-order valence-electron chi connectivity index (χ1n) is 4.94. The zero-order valence-electron chi connectivity index (χ0n) is 8.14. The van der Waals surface area contributed by atoms with E-state index < -0.39 is 0 Å². The van der Waals surface area contributed by atoms with Crippen molar-refractivity contribution >= 4 is 0 Å². The molecule has 14 heavy (non-hydrogen) atoms. The van der Waals surface area contributed by atoms with Gasteiger partial charge in [0.25, 0.3) is 0 Å². The van der Waals surface area contributed by atoms with Gasteiger partial charge in [0.05, 0.1) is 0 Å². The molecule has 2 rings (SSSR count). The van der Waals surface area contributed by atoms with E-state index in [0.29, 0.717) is 11.8 Å². The predicted octanol–water partition coefficient (Wildman–Crippen LogP) is 2.35. The topological polar surface area (TPSA) is 26.0 Å². The summed E-state index contributed by atoms with van der Waals surface area (Å²) < 4.78 is 0. The Morgan fingerprint density at radius 3 is 2.64 bits per heavy atom. The molecule has 0 saturated carbocycles. The van der Waals surface area contributed by atoms with E-state index >= 15 is 0 Å². The van der Waals surface area contributed by atoms with Crippen LogP contribution < -0.4 is 5.73 Å². The van der Waals surface area contributed by atoms with Crippen molar-refractivity contribution in [2.45, 2.75) is 6.04 Å². The van der Waals surface area contributed by atoms with Gasteiger partial charge >= 0.3 is 0 Å². The molecule has 0 aliphatic heterocycles. The number of hydrogen-bond donors (Lipinski definition) is 1. The number of hydrogen-bond acceptors (Lipinski definition) is 1. The SMILES string of the molecule is C=CC(N)C1=CC2C=CC=CC2C=C1. The summed E-state index contributed by atoms with van der Waals surface area (Å²) in [6.45, 7) is 3.71. The molecule has 0 radical (unpaired) electrons. The van der Waals surface area contributed by atoms with Crippen LogP contribution in [0.2, 0.25) is 0 Å². The van der Waals surface area contributed by atoms with E-state index in [0.717, 1.165) is 0 Å². The molecule has 1 nitrogen and oxygen atoms in total. The standard InChI is InChI=1S/C13H15N/c1-2-13(14)12-8-7-10-5-3-4-6-11(10)9-12/h2-11,13H,1,14H2. The fourth-order valence-corrected chi connectivity index (χ4v) is 1.86. The van der Waals surface area contributed by atoms with Gasteiger partial charge in [-0.2, -0.15) is 0 Å². The lowest BCUT2D eigenvalue weighted by Crippen LogP contribution is -2.22. The van der Waals surface area contributed by atoms with Gasteiger partial charge in [0.2, 0.25) is 0 Å². The quantitative estimate of drug-likeness (QED) is 0.657. The summed E-state index contributed by atoms with van der Waals surface area (Å²) in [5.74, 6) is 0.992. The molecule has 0 heterocycles. The summed E-state index contributed by atoms with van der Waals surface area (Å²) in [7, 11) is 0. The van der Waals surface area contributed by atoms with E-state index in [1.165, 1.54) is 5.57 Å². The molecule has 0 saturated heterocycles. The van der Waals surface area contributed by atoms with Crippen molar-refractivity contribution in [2.24, 2.45) is 17.6 Å². The Morgan fingerprint density at radius 2 is 1.93 bits per heavy atom. The molecule has 0 aromatic rings. The minimum Gasteiger partial charge on any atom is -0.321 e. The summed E-state index contributed by atoms with van der Waals surface area (Å²) in [5.41, 5.74) is 7.06. The number of nitrogens with two attached hydrogens (primary N) is 1. The van der Waals surface area contributed by atoms with Crippen LogP contribution in [0.15, 0.2) is 60.8 Å². The van der Waals surface area contributed by atoms with E-state index in [4.69, 9.17) is 5.73 Å². The lowest BCUT2D eigenvalue weighted by molar-refractivity contribution is 0.648. The van der Waals surface area contributed by atoms with Crippen LogP contribution >= 0.6 is 0 Å². The monoisotopic (exact) mass is 185 g/mol. The highest BCUT2D eigenvalue weighted by Crippen LogP contribution is 2.28. The second-order valence-electron chi connectivity index (χ2n) is 3.71. The van der Waals surface area contributed by atoms with Crippen LogP contribution in [0.5, 0.6) is 0 Å². The van der Waals surface area contributed by atoms with Crippen molar-refractivity contribution in [1.82, 2.24) is 0 Å². The van der Waals surface area contributed by atoms with Gasteiger partial charge in [0.15, 0.2) is 0 Å².